The van der Waals surface area contributed by atoms with Gasteiger partial charge < -0.3 is 15.1 Å². The third-order valence-corrected chi connectivity index (χ3v) is 6.45. The first-order valence-corrected chi connectivity index (χ1v) is 11.5. The molecule has 1 N–H and O–H groups in total. The zero-order valence-corrected chi connectivity index (χ0v) is 18.4. The monoisotopic (exact) mass is 391 g/mol. The van der Waals surface area contributed by atoms with Crippen molar-refractivity contribution >= 4 is 17.3 Å². The molecule has 3 heterocycles. The summed E-state index contributed by atoms with van der Waals surface area (Å²) < 4.78 is 0. The molecule has 3 rings (SSSR count). The molecule has 0 radical (unpaired) electrons. The summed E-state index contributed by atoms with van der Waals surface area (Å²) in [6.07, 6.45) is 4.99. The van der Waals surface area contributed by atoms with Crippen LogP contribution >= 0.6 is 11.3 Å². The van der Waals surface area contributed by atoms with Gasteiger partial charge in [0.1, 0.15) is 0 Å². The molecule has 27 heavy (non-hydrogen) atoms. The van der Waals surface area contributed by atoms with E-state index in [1.165, 1.54) is 49.6 Å². The van der Waals surface area contributed by atoms with Gasteiger partial charge in [0.05, 0.1) is 10.7 Å². The number of hydrogen-bond acceptors (Lipinski definition) is 4. The van der Waals surface area contributed by atoms with Crippen molar-refractivity contribution in [2.24, 2.45) is 10.9 Å². The standard InChI is InChI=1S/C21H37N5S/c1-5-22-20(23-10-8-19-24-18(16-27-19)21(2,3)4)26-13-9-17(15-26)14-25-11-6-7-12-25/h16-17H,5-15H2,1-4H3,(H,22,23). The predicted octanol–water partition coefficient (Wildman–Crippen LogP) is 3.37. The minimum atomic E-state index is 0.132. The summed E-state index contributed by atoms with van der Waals surface area (Å²) in [5, 5.41) is 6.90. The summed E-state index contributed by atoms with van der Waals surface area (Å²) in [6.45, 7) is 16.7. The van der Waals surface area contributed by atoms with Gasteiger partial charge in [-0.3, -0.25) is 4.99 Å². The van der Waals surface area contributed by atoms with E-state index in [9.17, 15) is 0 Å². The predicted molar refractivity (Wildman–Crippen MR) is 116 cm³/mol. The van der Waals surface area contributed by atoms with Crippen molar-refractivity contribution in [3.05, 3.63) is 16.1 Å². The number of rotatable bonds is 6. The van der Waals surface area contributed by atoms with Gasteiger partial charge in [0.2, 0.25) is 0 Å². The highest BCUT2D eigenvalue weighted by Gasteiger charge is 2.27. The van der Waals surface area contributed by atoms with E-state index in [2.05, 4.69) is 48.2 Å². The highest BCUT2D eigenvalue weighted by molar-refractivity contribution is 7.09. The third kappa shape index (κ3) is 5.92. The molecule has 1 aromatic heterocycles. The number of guanidine groups is 1. The molecule has 1 atom stereocenters. The first-order valence-electron chi connectivity index (χ1n) is 10.7. The quantitative estimate of drug-likeness (QED) is 0.596. The van der Waals surface area contributed by atoms with Gasteiger partial charge in [-0.05, 0) is 45.2 Å². The van der Waals surface area contributed by atoms with Gasteiger partial charge in [-0.1, -0.05) is 20.8 Å². The van der Waals surface area contributed by atoms with Crippen molar-refractivity contribution in [3.63, 3.8) is 0 Å². The summed E-state index contributed by atoms with van der Waals surface area (Å²) in [6, 6.07) is 0. The number of nitrogens with zero attached hydrogens (tertiary/aromatic N) is 4. The topological polar surface area (TPSA) is 43.8 Å². The van der Waals surface area contributed by atoms with Crippen molar-refractivity contribution in [1.29, 1.82) is 0 Å². The van der Waals surface area contributed by atoms with Crippen molar-refractivity contribution in [2.75, 3.05) is 45.8 Å². The Morgan fingerprint density at radius 3 is 2.74 bits per heavy atom. The average Bonchev–Trinajstić information content (AvgIpc) is 3.35. The van der Waals surface area contributed by atoms with E-state index in [1.54, 1.807) is 11.3 Å². The SMILES string of the molecule is CCNC(=NCCc1nc(C(C)(C)C)cs1)N1CCC(CN2CCCC2)C1. The van der Waals surface area contributed by atoms with Crippen molar-refractivity contribution in [1.82, 2.24) is 20.1 Å². The van der Waals surface area contributed by atoms with Crippen molar-refractivity contribution in [3.8, 4) is 0 Å². The van der Waals surface area contributed by atoms with Crippen LogP contribution in [-0.2, 0) is 11.8 Å². The summed E-state index contributed by atoms with van der Waals surface area (Å²) in [5.74, 6) is 1.88. The van der Waals surface area contributed by atoms with Gasteiger partial charge in [0.25, 0.3) is 0 Å². The van der Waals surface area contributed by atoms with Crippen LogP contribution < -0.4 is 5.32 Å². The zero-order valence-electron chi connectivity index (χ0n) is 17.6. The number of hydrogen-bond donors (Lipinski definition) is 1. The molecule has 0 saturated carbocycles. The Bertz CT molecular complexity index is 612. The van der Waals surface area contributed by atoms with Crippen LogP contribution in [0, 0.1) is 5.92 Å². The van der Waals surface area contributed by atoms with E-state index < -0.39 is 0 Å². The van der Waals surface area contributed by atoms with E-state index in [0.717, 1.165) is 44.5 Å². The minimum Gasteiger partial charge on any atom is -0.357 e. The van der Waals surface area contributed by atoms with Crippen LogP contribution in [-0.4, -0.2) is 66.6 Å². The second-order valence-corrected chi connectivity index (χ2v) is 9.91. The number of likely N-dealkylation sites (tertiary alicyclic amines) is 2. The molecule has 0 bridgehead atoms. The van der Waals surface area contributed by atoms with Gasteiger partial charge in [0, 0.05) is 49.9 Å². The normalized spacial score (nSPS) is 22.0. The molecule has 2 aliphatic heterocycles. The number of aliphatic imine (C=N–C) groups is 1. The highest BCUT2D eigenvalue weighted by Crippen LogP contribution is 2.24. The fraction of sp³-hybridized carbons (Fsp3) is 0.810. The molecule has 1 unspecified atom stereocenters. The first-order chi connectivity index (χ1) is 13.0. The zero-order chi connectivity index (χ0) is 19.3. The van der Waals surface area contributed by atoms with Gasteiger partial charge in [0.15, 0.2) is 5.96 Å². The van der Waals surface area contributed by atoms with Gasteiger partial charge in [-0.25, -0.2) is 4.98 Å². The van der Waals surface area contributed by atoms with Crippen LogP contribution in [0.4, 0.5) is 0 Å². The highest BCUT2D eigenvalue weighted by atomic mass is 32.1. The fourth-order valence-electron chi connectivity index (χ4n) is 3.96. The van der Waals surface area contributed by atoms with Crippen LogP contribution in [0.3, 0.4) is 0 Å². The lowest BCUT2D eigenvalue weighted by Crippen LogP contribution is -2.41. The van der Waals surface area contributed by atoms with E-state index in [1.807, 2.05) is 0 Å². The Hall–Kier alpha value is -1.14. The van der Waals surface area contributed by atoms with Crippen LogP contribution in [0.5, 0.6) is 0 Å². The maximum Gasteiger partial charge on any atom is 0.193 e. The Morgan fingerprint density at radius 2 is 2.07 bits per heavy atom. The molecule has 5 nitrogen and oxygen atoms in total. The molecule has 1 aromatic rings. The summed E-state index contributed by atoms with van der Waals surface area (Å²) in [4.78, 5) is 14.8. The van der Waals surface area contributed by atoms with Crippen molar-refractivity contribution < 1.29 is 0 Å². The Balaban J connectivity index is 1.51. The molecule has 2 saturated heterocycles. The number of aromatic nitrogens is 1. The van der Waals surface area contributed by atoms with Crippen LogP contribution in [0.15, 0.2) is 10.4 Å². The number of thiazole rings is 1. The summed E-state index contributed by atoms with van der Waals surface area (Å²) in [7, 11) is 0. The van der Waals surface area contributed by atoms with E-state index in [0.29, 0.717) is 0 Å². The second kappa shape index (κ2) is 9.37. The van der Waals surface area contributed by atoms with Crippen LogP contribution in [0.2, 0.25) is 0 Å². The van der Waals surface area contributed by atoms with Crippen LogP contribution in [0.25, 0.3) is 0 Å². The van der Waals surface area contributed by atoms with Crippen molar-refractivity contribution in [2.45, 2.75) is 58.8 Å². The average molecular weight is 392 g/mol. The molecular weight excluding hydrogens is 354 g/mol. The van der Waals surface area contributed by atoms with E-state index in [4.69, 9.17) is 9.98 Å². The Morgan fingerprint density at radius 1 is 1.30 bits per heavy atom. The molecule has 2 fully saturated rings. The largest absolute Gasteiger partial charge is 0.357 e. The molecule has 0 aromatic carbocycles. The van der Waals surface area contributed by atoms with Gasteiger partial charge in [-0.15, -0.1) is 11.3 Å². The Labute approximate surface area is 169 Å². The molecule has 0 aliphatic carbocycles. The lowest BCUT2D eigenvalue weighted by molar-refractivity contribution is 0.281. The van der Waals surface area contributed by atoms with E-state index in [-0.39, 0.29) is 5.41 Å². The first kappa shape index (κ1) is 20.6. The lowest BCUT2D eigenvalue weighted by Gasteiger charge is -2.23. The fourth-order valence-corrected chi connectivity index (χ4v) is 4.97. The second-order valence-electron chi connectivity index (χ2n) is 8.97. The van der Waals surface area contributed by atoms with Gasteiger partial charge in [-0.2, -0.15) is 0 Å². The maximum absolute atomic E-state index is 4.91. The Kier molecular flexibility index (Phi) is 7.15. The molecular formula is C21H37N5S. The lowest BCUT2D eigenvalue weighted by atomic mass is 9.93. The van der Waals surface area contributed by atoms with Crippen LogP contribution in [0.1, 0.15) is 57.7 Å². The summed E-state index contributed by atoms with van der Waals surface area (Å²) in [5.41, 5.74) is 1.33. The number of nitrogens with one attached hydrogen (secondary N) is 1. The summed E-state index contributed by atoms with van der Waals surface area (Å²) >= 11 is 1.77. The third-order valence-electron chi connectivity index (χ3n) is 5.54. The smallest absolute Gasteiger partial charge is 0.193 e. The minimum absolute atomic E-state index is 0.132. The van der Waals surface area contributed by atoms with Gasteiger partial charge >= 0.3 is 0 Å². The molecule has 0 spiro atoms. The molecule has 2 aliphatic rings. The van der Waals surface area contributed by atoms with E-state index >= 15 is 0 Å². The molecule has 6 heteroatoms. The maximum atomic E-state index is 4.91. The molecule has 152 valence electrons. The molecule has 0 amide bonds.